The van der Waals surface area contributed by atoms with E-state index >= 15 is 0 Å². The lowest BCUT2D eigenvalue weighted by atomic mass is 9.86. The van der Waals surface area contributed by atoms with Crippen LogP contribution in [0.15, 0.2) is 36.5 Å². The maximum atomic E-state index is 10.8. The van der Waals surface area contributed by atoms with Crippen LogP contribution in [0.2, 0.25) is 0 Å². The van der Waals surface area contributed by atoms with Crippen LogP contribution in [-0.4, -0.2) is 16.1 Å². The van der Waals surface area contributed by atoms with E-state index in [9.17, 15) is 4.79 Å². The average Bonchev–Trinajstić information content (AvgIpc) is 2.38. The highest BCUT2D eigenvalue weighted by atomic mass is 16.5. The number of carbonyl (C=O) groups is 1. The van der Waals surface area contributed by atoms with Gasteiger partial charge in [0.2, 0.25) is 5.88 Å². The first-order valence-corrected chi connectivity index (χ1v) is 6.76. The normalized spacial score (nSPS) is 11.2. The summed E-state index contributed by atoms with van der Waals surface area (Å²) in [7, 11) is 0. The number of carboxylic acids is 1. The van der Waals surface area contributed by atoms with Crippen molar-refractivity contribution in [2.75, 3.05) is 0 Å². The molecule has 1 N–H and O–H groups in total. The van der Waals surface area contributed by atoms with Crippen LogP contribution < -0.4 is 4.74 Å². The van der Waals surface area contributed by atoms with E-state index in [1.54, 1.807) is 6.07 Å². The fourth-order valence-corrected chi connectivity index (χ4v) is 2.01. The highest BCUT2D eigenvalue weighted by Gasteiger charge is 2.19. The van der Waals surface area contributed by atoms with Gasteiger partial charge in [-0.05, 0) is 30.0 Å². The molecule has 0 aliphatic rings. The van der Waals surface area contributed by atoms with Crippen molar-refractivity contribution >= 4 is 5.97 Å². The number of aromatic nitrogens is 1. The van der Waals surface area contributed by atoms with E-state index in [0.717, 1.165) is 16.9 Å². The Morgan fingerprint density at radius 1 is 1.19 bits per heavy atom. The molecule has 21 heavy (non-hydrogen) atoms. The van der Waals surface area contributed by atoms with Gasteiger partial charge in [-0.1, -0.05) is 32.9 Å². The van der Waals surface area contributed by atoms with Gasteiger partial charge in [0.15, 0.2) is 0 Å². The zero-order valence-electron chi connectivity index (χ0n) is 12.7. The van der Waals surface area contributed by atoms with Crippen molar-refractivity contribution in [3.8, 4) is 11.6 Å². The fourth-order valence-electron chi connectivity index (χ4n) is 2.01. The Hall–Kier alpha value is -2.36. The van der Waals surface area contributed by atoms with E-state index in [1.165, 1.54) is 12.3 Å². The molecule has 0 saturated carbocycles. The highest BCUT2D eigenvalue weighted by Crippen LogP contribution is 2.34. The summed E-state index contributed by atoms with van der Waals surface area (Å²) in [5.74, 6) is 0.133. The molecule has 2 rings (SSSR count). The molecule has 0 saturated heterocycles. The molecule has 0 unspecified atom stereocenters. The van der Waals surface area contributed by atoms with Gasteiger partial charge in [-0.2, -0.15) is 0 Å². The number of aryl methyl sites for hydroxylation is 1. The van der Waals surface area contributed by atoms with E-state index in [0.29, 0.717) is 5.88 Å². The second kappa shape index (κ2) is 5.56. The maximum Gasteiger partial charge on any atom is 0.337 e. The van der Waals surface area contributed by atoms with Gasteiger partial charge in [0, 0.05) is 17.8 Å². The third-order valence-electron chi connectivity index (χ3n) is 3.14. The first-order valence-electron chi connectivity index (χ1n) is 6.76. The van der Waals surface area contributed by atoms with Crippen molar-refractivity contribution in [1.29, 1.82) is 0 Å². The summed E-state index contributed by atoms with van der Waals surface area (Å²) < 4.78 is 5.85. The molecular weight excluding hydrogens is 266 g/mol. The van der Waals surface area contributed by atoms with Crippen molar-refractivity contribution in [1.82, 2.24) is 4.98 Å². The largest absolute Gasteiger partial charge is 0.478 e. The summed E-state index contributed by atoms with van der Waals surface area (Å²) in [6.45, 7) is 8.35. The van der Waals surface area contributed by atoms with Gasteiger partial charge in [0.05, 0.1) is 5.56 Å². The van der Waals surface area contributed by atoms with Crippen LogP contribution in [0.5, 0.6) is 11.6 Å². The maximum absolute atomic E-state index is 10.8. The van der Waals surface area contributed by atoms with Crippen molar-refractivity contribution in [2.45, 2.75) is 33.1 Å². The van der Waals surface area contributed by atoms with Crippen LogP contribution in [0.4, 0.5) is 0 Å². The topological polar surface area (TPSA) is 59.4 Å². The predicted octanol–water partition coefficient (Wildman–Crippen LogP) is 4.18. The Balaban J connectivity index is 2.34. The third-order valence-corrected chi connectivity index (χ3v) is 3.14. The monoisotopic (exact) mass is 285 g/mol. The lowest BCUT2D eigenvalue weighted by Crippen LogP contribution is -2.12. The lowest BCUT2D eigenvalue weighted by molar-refractivity contribution is 0.0696. The minimum Gasteiger partial charge on any atom is -0.478 e. The Kier molecular flexibility index (Phi) is 3.98. The van der Waals surface area contributed by atoms with Crippen molar-refractivity contribution in [3.05, 3.63) is 53.2 Å². The van der Waals surface area contributed by atoms with Gasteiger partial charge in [-0.3, -0.25) is 0 Å². The Morgan fingerprint density at radius 2 is 1.90 bits per heavy atom. The minimum absolute atomic E-state index is 0.0515. The van der Waals surface area contributed by atoms with E-state index in [4.69, 9.17) is 9.84 Å². The van der Waals surface area contributed by atoms with Crippen LogP contribution in [0.1, 0.15) is 42.3 Å². The second-order valence-electron chi connectivity index (χ2n) is 6.04. The molecule has 0 amide bonds. The van der Waals surface area contributed by atoms with E-state index in [-0.39, 0.29) is 11.0 Å². The number of ether oxygens (including phenoxy) is 1. The Labute approximate surface area is 124 Å². The molecule has 0 aliphatic carbocycles. The zero-order valence-corrected chi connectivity index (χ0v) is 12.7. The summed E-state index contributed by atoms with van der Waals surface area (Å²) in [6, 6.07) is 9.12. The van der Waals surface area contributed by atoms with Gasteiger partial charge >= 0.3 is 5.97 Å². The standard InChI is InChI=1S/C17H19NO3/c1-11-5-7-13(17(2,3)4)14(9-11)21-15-8-6-12(10-18-15)16(19)20/h5-10H,1-4H3,(H,19,20). The molecule has 0 radical (unpaired) electrons. The molecule has 2 aromatic rings. The first-order chi connectivity index (χ1) is 9.77. The number of rotatable bonds is 3. The van der Waals surface area contributed by atoms with Crippen LogP contribution in [0.3, 0.4) is 0 Å². The summed E-state index contributed by atoms with van der Waals surface area (Å²) in [6.07, 6.45) is 1.30. The number of benzene rings is 1. The van der Waals surface area contributed by atoms with Crippen molar-refractivity contribution in [2.24, 2.45) is 0 Å². The fraction of sp³-hybridized carbons (Fsp3) is 0.294. The van der Waals surface area contributed by atoms with Gasteiger partial charge in [0.25, 0.3) is 0 Å². The van der Waals surface area contributed by atoms with Gasteiger partial charge < -0.3 is 9.84 Å². The second-order valence-corrected chi connectivity index (χ2v) is 6.04. The van der Waals surface area contributed by atoms with E-state index in [1.807, 2.05) is 19.1 Å². The summed E-state index contributed by atoms with van der Waals surface area (Å²) in [5, 5.41) is 8.87. The molecule has 0 fully saturated rings. The molecule has 0 spiro atoms. The molecule has 4 nitrogen and oxygen atoms in total. The van der Waals surface area contributed by atoms with Crippen LogP contribution in [0.25, 0.3) is 0 Å². The SMILES string of the molecule is Cc1ccc(C(C)(C)C)c(Oc2ccc(C(=O)O)cn2)c1. The quantitative estimate of drug-likeness (QED) is 0.919. The van der Waals surface area contributed by atoms with Gasteiger partial charge in [0.1, 0.15) is 5.75 Å². The number of pyridine rings is 1. The Morgan fingerprint density at radius 3 is 2.43 bits per heavy atom. The smallest absolute Gasteiger partial charge is 0.337 e. The number of nitrogens with zero attached hydrogens (tertiary/aromatic N) is 1. The molecule has 1 aromatic heterocycles. The van der Waals surface area contributed by atoms with Gasteiger partial charge in [-0.15, -0.1) is 0 Å². The Bertz CT molecular complexity index is 655. The first kappa shape index (κ1) is 15.0. The zero-order chi connectivity index (χ0) is 15.6. The van der Waals surface area contributed by atoms with Crippen LogP contribution >= 0.6 is 0 Å². The lowest BCUT2D eigenvalue weighted by Gasteiger charge is -2.22. The molecule has 1 aromatic carbocycles. The summed E-state index contributed by atoms with van der Waals surface area (Å²) in [4.78, 5) is 14.9. The third kappa shape index (κ3) is 3.60. The van der Waals surface area contributed by atoms with E-state index < -0.39 is 5.97 Å². The molecule has 0 atom stereocenters. The van der Waals surface area contributed by atoms with E-state index in [2.05, 4.69) is 31.8 Å². The van der Waals surface area contributed by atoms with Gasteiger partial charge in [-0.25, -0.2) is 9.78 Å². The molecule has 0 bridgehead atoms. The number of hydrogen-bond donors (Lipinski definition) is 1. The van der Waals surface area contributed by atoms with Crippen molar-refractivity contribution < 1.29 is 14.6 Å². The minimum atomic E-state index is -1.00. The molecule has 1 heterocycles. The number of aromatic carboxylic acids is 1. The van der Waals surface area contributed by atoms with Crippen LogP contribution in [0, 0.1) is 6.92 Å². The number of carboxylic acid groups (broad SMARTS) is 1. The number of hydrogen-bond acceptors (Lipinski definition) is 3. The molecule has 110 valence electrons. The summed E-state index contributed by atoms with van der Waals surface area (Å²) in [5.41, 5.74) is 2.27. The average molecular weight is 285 g/mol. The molecule has 0 aliphatic heterocycles. The van der Waals surface area contributed by atoms with Crippen LogP contribution in [-0.2, 0) is 5.41 Å². The van der Waals surface area contributed by atoms with Crippen molar-refractivity contribution in [3.63, 3.8) is 0 Å². The highest BCUT2D eigenvalue weighted by molar-refractivity contribution is 5.87. The predicted molar refractivity (Wildman–Crippen MR) is 81.1 cm³/mol. The molecular formula is C17H19NO3. The summed E-state index contributed by atoms with van der Waals surface area (Å²) >= 11 is 0. The molecule has 4 heteroatoms.